The van der Waals surface area contributed by atoms with Crippen LogP contribution in [0.15, 0.2) is 66.7 Å². The molecule has 0 N–H and O–H groups in total. The zero-order valence-corrected chi connectivity index (χ0v) is 17.2. The molecule has 0 radical (unpaired) electrons. The molecule has 2 amide bonds. The Balaban J connectivity index is 1.89. The van der Waals surface area contributed by atoms with Crippen LogP contribution in [0.4, 0.5) is 24.5 Å². The molecule has 0 fully saturated rings. The van der Waals surface area contributed by atoms with E-state index in [0.29, 0.717) is 11.0 Å². The summed E-state index contributed by atoms with van der Waals surface area (Å²) in [5.74, 6) is -1.65. The van der Waals surface area contributed by atoms with Gasteiger partial charge in [0.2, 0.25) is 0 Å². The fraction of sp³-hybridized carbons (Fsp3) is 0.0435. The van der Waals surface area contributed by atoms with Crippen LogP contribution in [0.5, 0.6) is 0 Å². The molecule has 166 valence electrons. The SMILES string of the molecule is O=C1C(=Cc2ccc(Cl)c([N+](=O)[O-])c2)c2ccccc2C(=O)N1c1cccc(C(F)(F)F)c1. The maximum absolute atomic E-state index is 13.3. The van der Waals surface area contributed by atoms with Crippen molar-refractivity contribution < 1.29 is 27.7 Å². The van der Waals surface area contributed by atoms with Crippen molar-refractivity contribution in [3.8, 4) is 0 Å². The Labute approximate surface area is 189 Å². The van der Waals surface area contributed by atoms with Gasteiger partial charge in [-0.05, 0) is 47.5 Å². The van der Waals surface area contributed by atoms with Gasteiger partial charge in [0.1, 0.15) is 5.02 Å². The van der Waals surface area contributed by atoms with Gasteiger partial charge in [-0.3, -0.25) is 19.7 Å². The highest BCUT2D eigenvalue weighted by Gasteiger charge is 2.37. The first kappa shape index (κ1) is 22.2. The number of carbonyl (C=O) groups excluding carboxylic acids is 2. The van der Waals surface area contributed by atoms with E-state index in [9.17, 15) is 32.9 Å². The molecule has 3 aromatic carbocycles. The highest BCUT2D eigenvalue weighted by atomic mass is 35.5. The van der Waals surface area contributed by atoms with E-state index in [1.165, 1.54) is 36.4 Å². The molecule has 0 saturated carbocycles. The molecule has 0 saturated heterocycles. The van der Waals surface area contributed by atoms with Gasteiger partial charge in [-0.15, -0.1) is 0 Å². The van der Waals surface area contributed by atoms with Crippen molar-refractivity contribution in [1.82, 2.24) is 0 Å². The van der Waals surface area contributed by atoms with Crippen LogP contribution in [-0.4, -0.2) is 16.7 Å². The van der Waals surface area contributed by atoms with Crippen LogP contribution in [0.2, 0.25) is 5.02 Å². The Hall–Kier alpha value is -3.98. The third-order valence-electron chi connectivity index (χ3n) is 4.99. The summed E-state index contributed by atoms with van der Waals surface area (Å²) in [7, 11) is 0. The van der Waals surface area contributed by atoms with Crippen LogP contribution in [0, 0.1) is 10.1 Å². The van der Waals surface area contributed by atoms with Crippen molar-refractivity contribution >= 4 is 46.4 Å². The largest absolute Gasteiger partial charge is 0.416 e. The summed E-state index contributed by atoms with van der Waals surface area (Å²) in [4.78, 5) is 37.6. The number of halogens is 4. The second-order valence-electron chi connectivity index (χ2n) is 7.07. The van der Waals surface area contributed by atoms with E-state index >= 15 is 0 Å². The number of anilines is 1. The minimum atomic E-state index is -4.67. The lowest BCUT2D eigenvalue weighted by Gasteiger charge is -2.29. The second-order valence-corrected chi connectivity index (χ2v) is 7.47. The summed E-state index contributed by atoms with van der Waals surface area (Å²) in [5, 5.41) is 11.1. The van der Waals surface area contributed by atoms with Crippen LogP contribution < -0.4 is 4.90 Å². The number of hydrogen-bond acceptors (Lipinski definition) is 4. The first-order chi connectivity index (χ1) is 15.6. The summed E-state index contributed by atoms with van der Waals surface area (Å²) < 4.78 is 39.6. The molecule has 0 aliphatic carbocycles. The summed E-state index contributed by atoms with van der Waals surface area (Å²) >= 11 is 5.84. The number of amides is 2. The van der Waals surface area contributed by atoms with Crippen molar-refractivity contribution in [3.63, 3.8) is 0 Å². The van der Waals surface area contributed by atoms with Crippen LogP contribution in [0.25, 0.3) is 11.6 Å². The fourth-order valence-corrected chi connectivity index (χ4v) is 3.66. The molecule has 0 atom stereocenters. The van der Waals surface area contributed by atoms with Crippen molar-refractivity contribution in [2.24, 2.45) is 0 Å². The molecule has 1 heterocycles. The standard InChI is InChI=1S/C23H12ClF3N2O4/c24-19-9-8-13(11-20(19)29(32)33)10-18-16-6-1-2-7-17(16)21(30)28(22(18)31)15-5-3-4-14(12-15)23(25,26)27/h1-12H. The summed E-state index contributed by atoms with van der Waals surface area (Å²) in [5.41, 5.74) is -1.05. The average Bonchev–Trinajstić information content (AvgIpc) is 2.77. The van der Waals surface area contributed by atoms with E-state index < -0.39 is 28.5 Å². The van der Waals surface area contributed by atoms with Crippen LogP contribution in [0.1, 0.15) is 27.0 Å². The van der Waals surface area contributed by atoms with Gasteiger partial charge in [0.05, 0.1) is 16.2 Å². The molecule has 4 rings (SSSR count). The number of imide groups is 1. The lowest BCUT2D eigenvalue weighted by molar-refractivity contribution is -0.384. The molecule has 0 unspecified atom stereocenters. The van der Waals surface area contributed by atoms with E-state index in [4.69, 9.17) is 11.6 Å². The topological polar surface area (TPSA) is 80.5 Å². The number of hydrogen-bond donors (Lipinski definition) is 0. The third kappa shape index (κ3) is 4.10. The lowest BCUT2D eigenvalue weighted by Crippen LogP contribution is -2.41. The quantitative estimate of drug-likeness (QED) is 0.203. The normalized spacial score (nSPS) is 15.0. The zero-order valence-electron chi connectivity index (χ0n) is 16.5. The Kier molecular flexibility index (Phi) is 5.51. The highest BCUT2D eigenvalue weighted by Crippen LogP contribution is 2.37. The van der Waals surface area contributed by atoms with Crippen LogP contribution >= 0.6 is 11.6 Å². The first-order valence-electron chi connectivity index (χ1n) is 9.39. The fourth-order valence-electron chi connectivity index (χ4n) is 3.47. The minimum Gasteiger partial charge on any atom is -0.268 e. The van der Waals surface area contributed by atoms with Gasteiger partial charge < -0.3 is 0 Å². The number of alkyl halides is 3. The zero-order chi connectivity index (χ0) is 23.9. The third-order valence-corrected chi connectivity index (χ3v) is 5.31. The Bertz CT molecular complexity index is 1350. The minimum absolute atomic E-state index is 0.0146. The number of nitro groups is 1. The number of nitro benzene ring substituents is 1. The predicted molar refractivity (Wildman–Crippen MR) is 116 cm³/mol. The van der Waals surface area contributed by atoms with Gasteiger partial charge in [-0.2, -0.15) is 13.2 Å². The van der Waals surface area contributed by atoms with Crippen molar-refractivity contribution in [2.75, 3.05) is 4.90 Å². The molecule has 0 bridgehead atoms. The van der Waals surface area contributed by atoms with Crippen molar-refractivity contribution in [1.29, 1.82) is 0 Å². The van der Waals surface area contributed by atoms with Gasteiger partial charge in [-0.1, -0.05) is 41.9 Å². The molecule has 6 nitrogen and oxygen atoms in total. The maximum atomic E-state index is 13.3. The highest BCUT2D eigenvalue weighted by molar-refractivity contribution is 6.43. The number of rotatable bonds is 3. The molecule has 3 aromatic rings. The maximum Gasteiger partial charge on any atom is 0.416 e. The lowest BCUT2D eigenvalue weighted by atomic mass is 9.91. The summed E-state index contributed by atoms with van der Waals surface area (Å²) in [6.07, 6.45) is -3.34. The molecule has 1 aliphatic heterocycles. The molecule has 1 aliphatic rings. The summed E-state index contributed by atoms with van der Waals surface area (Å²) in [6, 6.07) is 13.9. The van der Waals surface area contributed by atoms with Gasteiger partial charge in [0.15, 0.2) is 0 Å². The predicted octanol–water partition coefficient (Wildman–Crippen LogP) is 5.99. The smallest absolute Gasteiger partial charge is 0.268 e. The number of fused-ring (bicyclic) bond motifs is 1. The van der Waals surface area contributed by atoms with Gasteiger partial charge in [0, 0.05) is 17.2 Å². The molecular weight excluding hydrogens is 461 g/mol. The van der Waals surface area contributed by atoms with Gasteiger partial charge >= 0.3 is 6.18 Å². The molecular formula is C23H12ClF3N2O4. The van der Waals surface area contributed by atoms with E-state index in [0.717, 1.165) is 18.2 Å². The number of nitrogens with zero attached hydrogens (tertiary/aromatic N) is 2. The van der Waals surface area contributed by atoms with Crippen molar-refractivity contribution in [3.05, 3.63) is 104 Å². The number of carbonyl (C=O) groups is 2. The van der Waals surface area contributed by atoms with Crippen molar-refractivity contribution in [2.45, 2.75) is 6.18 Å². The molecule has 33 heavy (non-hydrogen) atoms. The molecule has 0 aromatic heterocycles. The van der Waals surface area contributed by atoms with E-state index in [1.807, 2.05) is 0 Å². The molecule has 0 spiro atoms. The summed E-state index contributed by atoms with van der Waals surface area (Å²) in [6.45, 7) is 0. The van der Waals surface area contributed by atoms with Gasteiger partial charge in [-0.25, -0.2) is 4.90 Å². The average molecular weight is 473 g/mol. The second kappa shape index (κ2) is 8.18. The van der Waals surface area contributed by atoms with E-state index in [2.05, 4.69) is 0 Å². The van der Waals surface area contributed by atoms with Gasteiger partial charge in [0.25, 0.3) is 17.5 Å². The number of benzene rings is 3. The van der Waals surface area contributed by atoms with E-state index in [1.54, 1.807) is 12.1 Å². The van der Waals surface area contributed by atoms with Crippen LogP contribution in [-0.2, 0) is 11.0 Å². The first-order valence-corrected chi connectivity index (χ1v) is 9.77. The Morgan fingerprint density at radius 3 is 2.27 bits per heavy atom. The monoisotopic (exact) mass is 472 g/mol. The molecule has 10 heteroatoms. The van der Waals surface area contributed by atoms with E-state index in [-0.39, 0.29) is 38.7 Å². The Morgan fingerprint density at radius 1 is 0.909 bits per heavy atom. The van der Waals surface area contributed by atoms with Crippen LogP contribution in [0.3, 0.4) is 0 Å². The Morgan fingerprint density at radius 2 is 1.61 bits per heavy atom.